The summed E-state index contributed by atoms with van der Waals surface area (Å²) in [5.41, 5.74) is 9.70. The third-order valence-electron chi connectivity index (χ3n) is 6.66. The molecule has 2 aromatic carbocycles. The number of nitrogens with two attached hydrogens (primary N) is 1. The number of hydrogen-bond donors (Lipinski definition) is 2. The standard InChI is InChI=1S/C28H27ClN6O3/c1-18-11-20(29)6-9-26(18)38-23-7-4-19(5-8-23)24-12-21(31)13-35(22-3-2-10-34(14-22)16-30)27(24)33-28(36)25-15-37-17-32-25/h4-9,11-13,15,17,22,27H,2-3,10,14,31H2,1H3,(H,33,36)/t22?,27-/m0/s1. The van der Waals surface area contributed by atoms with Crippen molar-refractivity contribution < 1.29 is 13.9 Å². The Bertz CT molecular complexity index is 1410. The van der Waals surface area contributed by atoms with Crippen LogP contribution in [0.3, 0.4) is 0 Å². The van der Waals surface area contributed by atoms with Gasteiger partial charge < -0.3 is 30.0 Å². The van der Waals surface area contributed by atoms with Crippen LogP contribution in [0.1, 0.15) is 34.5 Å². The maximum Gasteiger partial charge on any atom is 0.275 e. The Morgan fingerprint density at radius 3 is 2.82 bits per heavy atom. The van der Waals surface area contributed by atoms with Crippen molar-refractivity contribution in [2.75, 3.05) is 13.1 Å². The maximum absolute atomic E-state index is 13.1. The van der Waals surface area contributed by atoms with Gasteiger partial charge in [-0.25, -0.2) is 4.98 Å². The summed E-state index contributed by atoms with van der Waals surface area (Å²) in [6, 6.07) is 13.1. The molecule has 0 spiro atoms. The lowest BCUT2D eigenvalue weighted by molar-refractivity contribution is 0.0853. The van der Waals surface area contributed by atoms with Crippen LogP contribution in [0.4, 0.5) is 0 Å². The fourth-order valence-electron chi connectivity index (χ4n) is 4.79. The Hall–Kier alpha value is -4.42. The van der Waals surface area contributed by atoms with Gasteiger partial charge in [0.05, 0.1) is 0 Å². The van der Waals surface area contributed by atoms with Gasteiger partial charge in [-0.05, 0) is 67.3 Å². The van der Waals surface area contributed by atoms with Crippen LogP contribution in [0, 0.1) is 18.4 Å². The van der Waals surface area contributed by atoms with Crippen LogP contribution in [-0.4, -0.2) is 46.0 Å². The van der Waals surface area contributed by atoms with Crippen molar-refractivity contribution in [2.45, 2.75) is 32.0 Å². The van der Waals surface area contributed by atoms with Crippen molar-refractivity contribution in [1.82, 2.24) is 20.1 Å². The summed E-state index contributed by atoms with van der Waals surface area (Å²) < 4.78 is 11.1. The molecule has 3 aromatic rings. The van der Waals surface area contributed by atoms with Gasteiger partial charge in [-0.2, -0.15) is 5.26 Å². The zero-order chi connectivity index (χ0) is 26.6. The molecule has 0 radical (unpaired) electrons. The van der Waals surface area contributed by atoms with E-state index in [0.717, 1.165) is 35.3 Å². The Balaban J connectivity index is 1.44. The lowest BCUT2D eigenvalue weighted by atomic mass is 9.95. The number of aryl methyl sites for hydroxylation is 1. The second kappa shape index (κ2) is 10.9. The average Bonchev–Trinajstić information content (AvgIpc) is 3.47. The topological polar surface area (TPSA) is 121 Å². The first-order valence-electron chi connectivity index (χ1n) is 12.3. The summed E-state index contributed by atoms with van der Waals surface area (Å²) >= 11 is 6.07. The Morgan fingerprint density at radius 2 is 2.11 bits per heavy atom. The molecule has 194 valence electrons. The number of carbonyl (C=O) groups excluding carboxylic acids is 1. The summed E-state index contributed by atoms with van der Waals surface area (Å²) in [6.45, 7) is 3.19. The number of amides is 1. The van der Waals surface area contributed by atoms with Gasteiger partial charge in [0.1, 0.15) is 23.9 Å². The minimum absolute atomic E-state index is 0.0243. The highest BCUT2D eigenvalue weighted by Crippen LogP contribution is 2.33. The van der Waals surface area contributed by atoms with Crippen molar-refractivity contribution in [3.05, 3.63) is 94.9 Å². The molecular formula is C28H27ClN6O3. The van der Waals surface area contributed by atoms with E-state index in [-0.39, 0.29) is 17.6 Å². The molecule has 9 nitrogen and oxygen atoms in total. The van der Waals surface area contributed by atoms with Crippen molar-refractivity contribution in [3.8, 4) is 17.7 Å². The van der Waals surface area contributed by atoms with E-state index in [1.807, 2.05) is 60.5 Å². The average molecular weight is 531 g/mol. The number of nitrogens with one attached hydrogen (secondary N) is 1. The lowest BCUT2D eigenvalue weighted by Crippen LogP contribution is -2.55. The molecule has 2 atom stereocenters. The molecule has 0 aliphatic carbocycles. The fraction of sp³-hybridized carbons (Fsp3) is 0.250. The van der Waals surface area contributed by atoms with Crippen LogP contribution in [0.5, 0.6) is 11.5 Å². The number of oxazole rings is 1. The number of nitrogens with zero attached hydrogens (tertiary/aromatic N) is 4. The van der Waals surface area contributed by atoms with E-state index in [0.29, 0.717) is 29.6 Å². The number of aromatic nitrogens is 1. The van der Waals surface area contributed by atoms with E-state index in [4.69, 9.17) is 26.5 Å². The van der Waals surface area contributed by atoms with Crippen LogP contribution in [0.25, 0.3) is 5.57 Å². The van der Waals surface area contributed by atoms with Gasteiger partial charge >= 0.3 is 0 Å². The Kier molecular flexibility index (Phi) is 7.24. The molecule has 2 aliphatic rings. The summed E-state index contributed by atoms with van der Waals surface area (Å²) in [5, 5.41) is 13.2. The molecule has 1 fully saturated rings. The third kappa shape index (κ3) is 5.45. The zero-order valence-corrected chi connectivity index (χ0v) is 21.6. The fourth-order valence-corrected chi connectivity index (χ4v) is 5.02. The molecule has 1 aromatic heterocycles. The molecule has 2 aliphatic heterocycles. The van der Waals surface area contributed by atoms with Crippen LogP contribution < -0.4 is 15.8 Å². The number of halogens is 1. The molecular weight excluding hydrogens is 504 g/mol. The predicted octanol–water partition coefficient (Wildman–Crippen LogP) is 4.63. The summed E-state index contributed by atoms with van der Waals surface area (Å²) in [5.74, 6) is 1.00. The molecule has 5 rings (SSSR count). The van der Waals surface area contributed by atoms with E-state index in [1.165, 1.54) is 12.7 Å². The molecule has 0 saturated carbocycles. The Morgan fingerprint density at radius 1 is 1.29 bits per heavy atom. The molecule has 1 unspecified atom stereocenters. The van der Waals surface area contributed by atoms with Gasteiger partial charge in [0, 0.05) is 41.6 Å². The van der Waals surface area contributed by atoms with Gasteiger partial charge in [-0.15, -0.1) is 0 Å². The van der Waals surface area contributed by atoms with E-state index in [9.17, 15) is 10.1 Å². The minimum Gasteiger partial charge on any atom is -0.457 e. The van der Waals surface area contributed by atoms with Gasteiger partial charge in [0.25, 0.3) is 5.91 Å². The number of rotatable bonds is 6. The summed E-state index contributed by atoms with van der Waals surface area (Å²) in [4.78, 5) is 20.8. The van der Waals surface area contributed by atoms with E-state index in [2.05, 4.69) is 16.5 Å². The first-order chi connectivity index (χ1) is 18.4. The predicted molar refractivity (Wildman–Crippen MR) is 143 cm³/mol. The normalized spacial score (nSPS) is 19.3. The number of allylic oxidation sites excluding steroid dienone is 1. The number of hydrogen-bond acceptors (Lipinski definition) is 8. The zero-order valence-electron chi connectivity index (χ0n) is 20.8. The number of likely N-dealkylation sites (tertiary alicyclic amines) is 1. The highest BCUT2D eigenvalue weighted by atomic mass is 35.5. The maximum atomic E-state index is 13.1. The second-order valence-electron chi connectivity index (χ2n) is 9.30. The molecule has 10 heteroatoms. The molecule has 3 N–H and O–H groups in total. The first kappa shape index (κ1) is 25.2. The Labute approximate surface area is 225 Å². The van der Waals surface area contributed by atoms with Crippen molar-refractivity contribution >= 4 is 23.1 Å². The SMILES string of the molecule is Cc1cc(Cl)ccc1Oc1ccc(C2=CC(N)=CN(C3CCCN(C#N)C3)[C@@H]2NC(=O)c2cocn2)cc1. The van der Waals surface area contributed by atoms with Crippen LogP contribution in [-0.2, 0) is 0 Å². The monoisotopic (exact) mass is 530 g/mol. The number of nitriles is 1. The number of piperidine rings is 1. The largest absolute Gasteiger partial charge is 0.457 e. The lowest BCUT2D eigenvalue weighted by Gasteiger charge is -2.44. The van der Waals surface area contributed by atoms with Gasteiger partial charge in [0.15, 0.2) is 18.3 Å². The molecule has 3 heterocycles. The van der Waals surface area contributed by atoms with Crippen molar-refractivity contribution in [2.24, 2.45) is 5.73 Å². The van der Waals surface area contributed by atoms with Crippen LogP contribution in [0.2, 0.25) is 5.02 Å². The first-order valence-corrected chi connectivity index (χ1v) is 12.6. The molecule has 1 amide bonds. The number of ether oxygens (including phenoxy) is 1. The highest BCUT2D eigenvalue weighted by molar-refractivity contribution is 6.30. The number of carbonyl (C=O) groups is 1. The van der Waals surface area contributed by atoms with E-state index >= 15 is 0 Å². The van der Waals surface area contributed by atoms with E-state index < -0.39 is 6.17 Å². The van der Waals surface area contributed by atoms with E-state index in [1.54, 1.807) is 11.0 Å². The molecule has 1 saturated heterocycles. The van der Waals surface area contributed by atoms with Crippen molar-refractivity contribution in [1.29, 1.82) is 5.26 Å². The molecule has 0 bridgehead atoms. The van der Waals surface area contributed by atoms with Crippen LogP contribution >= 0.6 is 11.6 Å². The quantitative estimate of drug-likeness (QED) is 0.442. The van der Waals surface area contributed by atoms with Gasteiger partial charge in [-0.3, -0.25) is 4.79 Å². The van der Waals surface area contributed by atoms with Crippen LogP contribution in [0.15, 0.2) is 77.5 Å². The smallest absolute Gasteiger partial charge is 0.275 e. The highest BCUT2D eigenvalue weighted by Gasteiger charge is 2.34. The minimum atomic E-state index is -0.541. The van der Waals surface area contributed by atoms with Gasteiger partial charge in [-0.1, -0.05) is 23.7 Å². The number of benzene rings is 2. The van der Waals surface area contributed by atoms with Gasteiger partial charge in [0.2, 0.25) is 0 Å². The summed E-state index contributed by atoms with van der Waals surface area (Å²) in [7, 11) is 0. The summed E-state index contributed by atoms with van der Waals surface area (Å²) in [6.07, 6.45) is 9.64. The second-order valence-corrected chi connectivity index (χ2v) is 9.74. The molecule has 38 heavy (non-hydrogen) atoms. The third-order valence-corrected chi connectivity index (χ3v) is 6.89. The van der Waals surface area contributed by atoms with Crippen molar-refractivity contribution in [3.63, 3.8) is 0 Å².